The van der Waals surface area contributed by atoms with Gasteiger partial charge in [0, 0.05) is 25.7 Å². The molecular weight excluding hydrogens is 200 g/mol. The van der Waals surface area contributed by atoms with Crippen LogP contribution in [0, 0.1) is 0 Å². The van der Waals surface area contributed by atoms with E-state index in [4.69, 9.17) is 10.5 Å². The summed E-state index contributed by atoms with van der Waals surface area (Å²) >= 11 is 0. The summed E-state index contributed by atoms with van der Waals surface area (Å²) in [5.41, 5.74) is 7.23. The molecule has 1 aromatic rings. The van der Waals surface area contributed by atoms with Crippen LogP contribution in [-0.4, -0.2) is 25.3 Å². The summed E-state index contributed by atoms with van der Waals surface area (Å²) in [5.74, 6) is 0. The van der Waals surface area contributed by atoms with Crippen LogP contribution in [0.15, 0.2) is 30.3 Å². The van der Waals surface area contributed by atoms with Gasteiger partial charge in [-0.3, -0.25) is 0 Å². The van der Waals surface area contributed by atoms with Crippen molar-refractivity contribution in [1.82, 2.24) is 5.32 Å². The third-order valence-electron chi connectivity index (χ3n) is 3.47. The maximum atomic E-state index is 5.83. The molecule has 0 bridgehead atoms. The molecule has 0 heterocycles. The highest BCUT2D eigenvalue weighted by Crippen LogP contribution is 2.33. The Morgan fingerprint density at radius 3 is 2.62 bits per heavy atom. The number of hydrogen-bond acceptors (Lipinski definition) is 3. The molecule has 0 amide bonds. The predicted molar refractivity (Wildman–Crippen MR) is 65.1 cm³/mol. The van der Waals surface area contributed by atoms with Crippen LogP contribution < -0.4 is 11.1 Å². The van der Waals surface area contributed by atoms with Gasteiger partial charge >= 0.3 is 0 Å². The van der Waals surface area contributed by atoms with Crippen LogP contribution in [0.25, 0.3) is 0 Å². The Kier molecular flexibility index (Phi) is 3.59. The van der Waals surface area contributed by atoms with E-state index in [2.05, 4.69) is 29.6 Å². The molecule has 3 nitrogen and oxygen atoms in total. The third kappa shape index (κ3) is 2.43. The lowest BCUT2D eigenvalue weighted by atomic mass is 9.74. The van der Waals surface area contributed by atoms with E-state index in [1.807, 2.05) is 6.07 Å². The monoisotopic (exact) mass is 220 g/mol. The molecular formula is C13H20N2O. The van der Waals surface area contributed by atoms with Gasteiger partial charge in [0.05, 0.1) is 6.10 Å². The van der Waals surface area contributed by atoms with Gasteiger partial charge in [-0.2, -0.15) is 0 Å². The van der Waals surface area contributed by atoms with Gasteiger partial charge in [-0.05, 0) is 18.4 Å². The lowest BCUT2D eigenvalue weighted by Gasteiger charge is -2.47. The SMILES string of the molecule is COC1CC(CN)(NCc2ccccc2)C1. The molecule has 0 aromatic heterocycles. The molecule has 1 aliphatic rings. The maximum absolute atomic E-state index is 5.83. The van der Waals surface area contributed by atoms with Crippen molar-refractivity contribution in [3.63, 3.8) is 0 Å². The largest absolute Gasteiger partial charge is 0.381 e. The minimum atomic E-state index is 0.0938. The highest BCUT2D eigenvalue weighted by Gasteiger charge is 2.42. The fourth-order valence-corrected chi connectivity index (χ4v) is 2.25. The molecule has 0 radical (unpaired) electrons. The lowest BCUT2D eigenvalue weighted by molar-refractivity contribution is -0.0272. The first-order chi connectivity index (χ1) is 7.78. The fourth-order valence-electron chi connectivity index (χ4n) is 2.25. The lowest BCUT2D eigenvalue weighted by Crippen LogP contribution is -2.62. The van der Waals surface area contributed by atoms with Gasteiger partial charge in [-0.25, -0.2) is 0 Å². The third-order valence-corrected chi connectivity index (χ3v) is 3.47. The molecule has 0 atom stereocenters. The second-order valence-corrected chi connectivity index (χ2v) is 4.59. The van der Waals surface area contributed by atoms with E-state index in [1.165, 1.54) is 5.56 Å². The van der Waals surface area contributed by atoms with Crippen molar-refractivity contribution < 1.29 is 4.74 Å². The molecule has 1 fully saturated rings. The standard InChI is InChI=1S/C13H20N2O/c1-16-12-7-13(8-12,10-14)15-9-11-5-3-2-4-6-11/h2-6,12,15H,7-10,14H2,1H3. The highest BCUT2D eigenvalue weighted by molar-refractivity contribution is 5.15. The second-order valence-electron chi connectivity index (χ2n) is 4.59. The zero-order valence-electron chi connectivity index (χ0n) is 9.78. The first-order valence-corrected chi connectivity index (χ1v) is 5.80. The van der Waals surface area contributed by atoms with Gasteiger partial charge in [0.25, 0.3) is 0 Å². The van der Waals surface area contributed by atoms with Crippen molar-refractivity contribution in [1.29, 1.82) is 0 Å². The predicted octanol–water partition coefficient (Wildman–Crippen LogP) is 1.28. The first kappa shape index (κ1) is 11.6. The molecule has 0 saturated heterocycles. The Morgan fingerprint density at radius 1 is 1.38 bits per heavy atom. The van der Waals surface area contributed by atoms with Crippen molar-refractivity contribution in [2.75, 3.05) is 13.7 Å². The Balaban J connectivity index is 1.85. The van der Waals surface area contributed by atoms with Crippen LogP contribution in [-0.2, 0) is 11.3 Å². The highest BCUT2D eigenvalue weighted by atomic mass is 16.5. The summed E-state index contributed by atoms with van der Waals surface area (Å²) < 4.78 is 5.30. The van der Waals surface area contributed by atoms with Crippen LogP contribution >= 0.6 is 0 Å². The summed E-state index contributed by atoms with van der Waals surface area (Å²) in [5, 5.41) is 3.56. The fraction of sp³-hybridized carbons (Fsp3) is 0.538. The molecule has 1 saturated carbocycles. The molecule has 1 aliphatic carbocycles. The molecule has 3 N–H and O–H groups in total. The van der Waals surface area contributed by atoms with E-state index in [0.717, 1.165) is 19.4 Å². The van der Waals surface area contributed by atoms with Crippen molar-refractivity contribution in [3.8, 4) is 0 Å². The van der Waals surface area contributed by atoms with Crippen LogP contribution in [0.5, 0.6) is 0 Å². The van der Waals surface area contributed by atoms with Crippen molar-refractivity contribution in [2.45, 2.75) is 31.0 Å². The number of nitrogens with one attached hydrogen (secondary N) is 1. The van der Waals surface area contributed by atoms with E-state index in [-0.39, 0.29) is 5.54 Å². The molecule has 0 unspecified atom stereocenters. The summed E-state index contributed by atoms with van der Waals surface area (Å²) in [6.07, 6.45) is 2.42. The summed E-state index contributed by atoms with van der Waals surface area (Å²) in [7, 11) is 1.77. The quantitative estimate of drug-likeness (QED) is 0.786. The topological polar surface area (TPSA) is 47.3 Å². The van der Waals surface area contributed by atoms with E-state index >= 15 is 0 Å². The van der Waals surface area contributed by atoms with E-state index in [1.54, 1.807) is 7.11 Å². The van der Waals surface area contributed by atoms with Crippen molar-refractivity contribution in [2.24, 2.45) is 5.73 Å². The van der Waals surface area contributed by atoms with Crippen LogP contribution in [0.3, 0.4) is 0 Å². The van der Waals surface area contributed by atoms with Crippen LogP contribution in [0.2, 0.25) is 0 Å². The second kappa shape index (κ2) is 4.95. The average Bonchev–Trinajstić information content (AvgIpc) is 2.30. The summed E-state index contributed by atoms with van der Waals surface area (Å²) in [4.78, 5) is 0. The minimum Gasteiger partial charge on any atom is -0.381 e. The van der Waals surface area contributed by atoms with Gasteiger partial charge in [0.15, 0.2) is 0 Å². The Morgan fingerprint density at radius 2 is 2.06 bits per heavy atom. The van der Waals surface area contributed by atoms with E-state index in [9.17, 15) is 0 Å². The Labute approximate surface area is 97.0 Å². The number of methoxy groups -OCH3 is 1. The zero-order chi connectivity index (χ0) is 11.4. The molecule has 1 aromatic carbocycles. The number of benzene rings is 1. The summed E-state index contributed by atoms with van der Waals surface area (Å²) in [6.45, 7) is 1.56. The zero-order valence-corrected chi connectivity index (χ0v) is 9.78. The number of rotatable bonds is 5. The Bertz CT molecular complexity index is 320. The summed E-state index contributed by atoms with van der Waals surface area (Å²) in [6, 6.07) is 10.4. The van der Waals surface area contributed by atoms with Gasteiger partial charge < -0.3 is 15.8 Å². The van der Waals surface area contributed by atoms with E-state index < -0.39 is 0 Å². The van der Waals surface area contributed by atoms with Crippen LogP contribution in [0.4, 0.5) is 0 Å². The normalized spacial score (nSPS) is 28.8. The van der Waals surface area contributed by atoms with Crippen LogP contribution in [0.1, 0.15) is 18.4 Å². The minimum absolute atomic E-state index is 0.0938. The number of ether oxygens (including phenoxy) is 1. The van der Waals surface area contributed by atoms with Gasteiger partial charge in [0.2, 0.25) is 0 Å². The molecule has 0 spiro atoms. The van der Waals surface area contributed by atoms with Gasteiger partial charge in [-0.15, -0.1) is 0 Å². The smallest absolute Gasteiger partial charge is 0.0607 e. The maximum Gasteiger partial charge on any atom is 0.0607 e. The van der Waals surface area contributed by atoms with E-state index in [0.29, 0.717) is 12.6 Å². The van der Waals surface area contributed by atoms with Gasteiger partial charge in [-0.1, -0.05) is 30.3 Å². The average molecular weight is 220 g/mol. The van der Waals surface area contributed by atoms with Crippen molar-refractivity contribution in [3.05, 3.63) is 35.9 Å². The first-order valence-electron chi connectivity index (χ1n) is 5.80. The molecule has 2 rings (SSSR count). The number of hydrogen-bond donors (Lipinski definition) is 2. The number of nitrogens with two attached hydrogens (primary N) is 1. The molecule has 0 aliphatic heterocycles. The molecule has 88 valence electrons. The molecule has 3 heteroatoms. The Hall–Kier alpha value is -0.900. The van der Waals surface area contributed by atoms with Crippen molar-refractivity contribution >= 4 is 0 Å². The molecule has 16 heavy (non-hydrogen) atoms. The van der Waals surface area contributed by atoms with Gasteiger partial charge in [0.1, 0.15) is 0 Å².